The van der Waals surface area contributed by atoms with Crippen LogP contribution in [0.4, 0.5) is 10.1 Å². The Labute approximate surface area is 193 Å². The lowest BCUT2D eigenvalue weighted by Gasteiger charge is -2.30. The lowest BCUT2D eigenvalue weighted by Crippen LogP contribution is -2.41. The van der Waals surface area contributed by atoms with Crippen molar-refractivity contribution in [1.82, 2.24) is 14.1 Å². The molecule has 1 aromatic heterocycles. The zero-order valence-corrected chi connectivity index (χ0v) is 19.5. The number of carbonyl (C=O) groups excluding carboxylic acids is 1. The number of anilines is 1. The molecule has 2 aromatic carbocycles. The van der Waals surface area contributed by atoms with Crippen molar-refractivity contribution in [1.29, 1.82) is 0 Å². The molecule has 0 saturated carbocycles. The summed E-state index contributed by atoms with van der Waals surface area (Å²) in [6.45, 7) is 4.79. The molecule has 0 spiro atoms. The van der Waals surface area contributed by atoms with Crippen molar-refractivity contribution in [3.63, 3.8) is 0 Å². The fourth-order valence-corrected chi connectivity index (χ4v) is 5.61. The van der Waals surface area contributed by atoms with Crippen LogP contribution < -0.4 is 5.32 Å². The Morgan fingerprint density at radius 3 is 2.33 bits per heavy atom. The number of nitrogens with one attached hydrogen (secondary N) is 1. The van der Waals surface area contributed by atoms with E-state index < -0.39 is 10.0 Å². The normalized spacial score (nSPS) is 15.5. The highest BCUT2D eigenvalue weighted by Crippen LogP contribution is 2.27. The number of carbonyl (C=O) groups is 1. The Bertz CT molecular complexity index is 1230. The maximum Gasteiger partial charge on any atom is 0.243 e. The smallest absolute Gasteiger partial charge is 0.243 e. The van der Waals surface area contributed by atoms with Crippen LogP contribution >= 0.6 is 0 Å². The van der Waals surface area contributed by atoms with Crippen molar-refractivity contribution >= 4 is 21.6 Å². The average molecular weight is 471 g/mol. The number of halogens is 1. The van der Waals surface area contributed by atoms with Gasteiger partial charge in [0.1, 0.15) is 5.82 Å². The van der Waals surface area contributed by atoms with Crippen LogP contribution in [0.15, 0.2) is 59.5 Å². The minimum absolute atomic E-state index is 0.126. The fourth-order valence-electron chi connectivity index (χ4n) is 4.12. The fraction of sp³-hybridized carbons (Fsp3) is 0.333. The molecule has 174 valence electrons. The molecule has 0 unspecified atom stereocenters. The minimum Gasteiger partial charge on any atom is -0.323 e. The molecular formula is C24H27FN4O3S. The van der Waals surface area contributed by atoms with E-state index in [0.29, 0.717) is 43.9 Å². The molecule has 1 aliphatic heterocycles. The SMILES string of the molecule is Cc1nn(Cc2ccc(F)cc2)c(C)c1NC(=O)C1CCN(S(=O)(=O)c2ccccc2)CC1. The van der Waals surface area contributed by atoms with Crippen molar-refractivity contribution in [2.24, 2.45) is 5.92 Å². The zero-order valence-electron chi connectivity index (χ0n) is 18.7. The minimum atomic E-state index is -3.55. The summed E-state index contributed by atoms with van der Waals surface area (Å²) < 4.78 is 42.0. The Kier molecular flexibility index (Phi) is 6.62. The predicted octanol–water partition coefficient (Wildman–Crippen LogP) is 3.73. The van der Waals surface area contributed by atoms with Crippen LogP contribution in [0.3, 0.4) is 0 Å². The van der Waals surface area contributed by atoms with Crippen molar-refractivity contribution in [2.45, 2.75) is 38.1 Å². The highest BCUT2D eigenvalue weighted by Gasteiger charge is 2.32. The maximum atomic E-state index is 13.2. The van der Waals surface area contributed by atoms with Gasteiger partial charge in [-0.1, -0.05) is 30.3 Å². The molecule has 1 saturated heterocycles. The largest absolute Gasteiger partial charge is 0.323 e. The molecule has 1 N–H and O–H groups in total. The van der Waals surface area contributed by atoms with Crippen molar-refractivity contribution < 1.29 is 17.6 Å². The van der Waals surface area contributed by atoms with E-state index in [4.69, 9.17) is 0 Å². The summed E-state index contributed by atoms with van der Waals surface area (Å²) in [5.41, 5.74) is 3.09. The third-order valence-electron chi connectivity index (χ3n) is 6.08. The van der Waals surface area contributed by atoms with Crippen molar-refractivity contribution in [3.05, 3.63) is 77.4 Å². The van der Waals surface area contributed by atoms with Gasteiger partial charge in [0, 0.05) is 19.0 Å². The molecule has 1 aliphatic rings. The first kappa shape index (κ1) is 23.1. The molecule has 0 bridgehead atoms. The van der Waals surface area contributed by atoms with E-state index in [-0.39, 0.29) is 22.5 Å². The standard InChI is InChI=1S/C24H27FN4O3S/c1-17-23(18(2)29(27-17)16-19-8-10-21(25)11-9-19)26-24(30)20-12-14-28(15-13-20)33(31,32)22-6-4-3-5-7-22/h3-11,20H,12-16H2,1-2H3,(H,26,30). The number of nitrogens with zero attached hydrogens (tertiary/aromatic N) is 3. The van der Waals surface area contributed by atoms with Gasteiger partial charge in [-0.3, -0.25) is 9.48 Å². The Morgan fingerprint density at radius 2 is 1.70 bits per heavy atom. The molecule has 33 heavy (non-hydrogen) atoms. The van der Waals surface area contributed by atoms with Crippen LogP contribution in [-0.4, -0.2) is 41.5 Å². The molecule has 2 heterocycles. The lowest BCUT2D eigenvalue weighted by molar-refractivity contribution is -0.120. The highest BCUT2D eigenvalue weighted by molar-refractivity contribution is 7.89. The van der Waals surface area contributed by atoms with E-state index in [1.807, 2.05) is 13.8 Å². The number of hydrogen-bond acceptors (Lipinski definition) is 4. The maximum absolute atomic E-state index is 13.2. The van der Waals surface area contributed by atoms with Gasteiger partial charge >= 0.3 is 0 Å². The van der Waals surface area contributed by atoms with E-state index >= 15 is 0 Å². The molecule has 1 amide bonds. The van der Waals surface area contributed by atoms with E-state index in [9.17, 15) is 17.6 Å². The third kappa shape index (κ3) is 4.99. The van der Waals surface area contributed by atoms with Gasteiger partial charge in [-0.25, -0.2) is 12.8 Å². The number of piperidine rings is 1. The Hall–Kier alpha value is -3.04. The molecule has 0 atom stereocenters. The number of aromatic nitrogens is 2. The summed E-state index contributed by atoms with van der Waals surface area (Å²) >= 11 is 0. The second-order valence-electron chi connectivity index (χ2n) is 8.31. The van der Waals surface area contributed by atoms with Gasteiger partial charge in [-0.2, -0.15) is 9.40 Å². The van der Waals surface area contributed by atoms with Crippen LogP contribution in [0, 0.1) is 25.6 Å². The Morgan fingerprint density at radius 1 is 1.06 bits per heavy atom. The monoisotopic (exact) mass is 470 g/mol. The quantitative estimate of drug-likeness (QED) is 0.595. The number of hydrogen-bond donors (Lipinski definition) is 1. The van der Waals surface area contributed by atoms with Gasteiger partial charge in [-0.05, 0) is 56.5 Å². The Balaban J connectivity index is 1.39. The number of rotatable bonds is 6. The van der Waals surface area contributed by atoms with Crippen molar-refractivity contribution in [2.75, 3.05) is 18.4 Å². The first-order valence-electron chi connectivity index (χ1n) is 10.9. The summed E-state index contributed by atoms with van der Waals surface area (Å²) in [4.78, 5) is 13.2. The summed E-state index contributed by atoms with van der Waals surface area (Å²) in [5.74, 6) is -0.687. The molecule has 4 rings (SSSR count). The van der Waals surface area contributed by atoms with Crippen molar-refractivity contribution in [3.8, 4) is 0 Å². The number of benzene rings is 2. The highest BCUT2D eigenvalue weighted by atomic mass is 32.2. The number of sulfonamides is 1. The molecule has 7 nitrogen and oxygen atoms in total. The topological polar surface area (TPSA) is 84.3 Å². The molecule has 9 heteroatoms. The van der Waals surface area contributed by atoms with Crippen LogP contribution in [-0.2, 0) is 21.4 Å². The van der Waals surface area contributed by atoms with Gasteiger partial charge in [0.15, 0.2) is 0 Å². The number of aryl methyl sites for hydroxylation is 1. The van der Waals surface area contributed by atoms with Crippen LogP contribution in [0.1, 0.15) is 29.8 Å². The first-order valence-corrected chi connectivity index (χ1v) is 12.3. The van der Waals surface area contributed by atoms with Gasteiger partial charge < -0.3 is 5.32 Å². The average Bonchev–Trinajstić information content (AvgIpc) is 3.08. The summed E-state index contributed by atoms with van der Waals surface area (Å²) in [6.07, 6.45) is 0.916. The van der Waals surface area contributed by atoms with E-state index in [0.717, 1.165) is 11.3 Å². The second-order valence-corrected chi connectivity index (χ2v) is 10.2. The van der Waals surface area contributed by atoms with E-state index in [1.54, 1.807) is 47.1 Å². The molecule has 1 fully saturated rings. The first-order chi connectivity index (χ1) is 15.8. The zero-order chi connectivity index (χ0) is 23.6. The van der Waals surface area contributed by atoms with Crippen LogP contribution in [0.2, 0.25) is 0 Å². The van der Waals surface area contributed by atoms with Gasteiger partial charge in [0.05, 0.1) is 28.5 Å². The van der Waals surface area contributed by atoms with E-state index in [1.165, 1.54) is 16.4 Å². The van der Waals surface area contributed by atoms with Gasteiger partial charge in [0.25, 0.3) is 0 Å². The molecular weight excluding hydrogens is 443 g/mol. The predicted molar refractivity (Wildman–Crippen MR) is 124 cm³/mol. The summed E-state index contributed by atoms with van der Waals surface area (Å²) in [5, 5.41) is 7.52. The molecule has 0 aliphatic carbocycles. The van der Waals surface area contributed by atoms with Crippen LogP contribution in [0.5, 0.6) is 0 Å². The van der Waals surface area contributed by atoms with Crippen LogP contribution in [0.25, 0.3) is 0 Å². The van der Waals surface area contributed by atoms with Gasteiger partial charge in [-0.15, -0.1) is 0 Å². The third-order valence-corrected chi connectivity index (χ3v) is 7.99. The summed E-state index contributed by atoms with van der Waals surface area (Å²) in [6, 6.07) is 14.6. The second kappa shape index (κ2) is 9.44. The molecule has 3 aromatic rings. The molecule has 0 radical (unpaired) electrons. The van der Waals surface area contributed by atoms with Gasteiger partial charge in [0.2, 0.25) is 15.9 Å². The number of amides is 1. The van der Waals surface area contributed by atoms with E-state index in [2.05, 4.69) is 10.4 Å². The lowest BCUT2D eigenvalue weighted by atomic mass is 9.97. The summed E-state index contributed by atoms with van der Waals surface area (Å²) in [7, 11) is -3.55.